The van der Waals surface area contributed by atoms with Crippen LogP contribution >= 0.6 is 0 Å². The van der Waals surface area contributed by atoms with Gasteiger partial charge in [0.15, 0.2) is 0 Å². The van der Waals surface area contributed by atoms with E-state index in [0.29, 0.717) is 36.9 Å². The van der Waals surface area contributed by atoms with Gasteiger partial charge >= 0.3 is 0 Å². The van der Waals surface area contributed by atoms with E-state index in [9.17, 15) is 5.11 Å². The third kappa shape index (κ3) is 4.29. The molecule has 2 aromatic carbocycles. The molecule has 5 nitrogen and oxygen atoms in total. The van der Waals surface area contributed by atoms with Gasteiger partial charge in [0.05, 0.1) is 26.4 Å². The number of methoxy groups -OCH3 is 2. The van der Waals surface area contributed by atoms with Gasteiger partial charge in [0, 0.05) is 18.7 Å². The summed E-state index contributed by atoms with van der Waals surface area (Å²) >= 11 is 0. The van der Waals surface area contributed by atoms with E-state index in [4.69, 9.17) is 18.9 Å². The fourth-order valence-electron chi connectivity index (χ4n) is 2.23. The van der Waals surface area contributed by atoms with Gasteiger partial charge in [0.2, 0.25) is 0 Å². The van der Waals surface area contributed by atoms with Crippen LogP contribution in [0.25, 0.3) is 11.1 Å². The van der Waals surface area contributed by atoms with Gasteiger partial charge in [-0.05, 0) is 24.6 Å². The van der Waals surface area contributed by atoms with Gasteiger partial charge < -0.3 is 24.1 Å². The number of ether oxygens (including phenoxy) is 4. The van der Waals surface area contributed by atoms with Crippen LogP contribution in [0.15, 0.2) is 36.4 Å². The molecule has 0 saturated carbocycles. The first-order valence-electron chi connectivity index (χ1n) is 7.45. The van der Waals surface area contributed by atoms with Crippen molar-refractivity contribution in [3.63, 3.8) is 0 Å². The van der Waals surface area contributed by atoms with E-state index < -0.39 is 0 Å². The number of phenols is 1. The molecular formula is C18H22O5. The number of phenolic OH excluding ortho intramolecular Hbond substituents is 1. The van der Waals surface area contributed by atoms with Crippen LogP contribution in [-0.2, 0) is 4.74 Å². The highest BCUT2D eigenvalue weighted by molar-refractivity contribution is 5.78. The van der Waals surface area contributed by atoms with Crippen LogP contribution < -0.4 is 14.2 Å². The maximum Gasteiger partial charge on any atom is 0.134 e. The lowest BCUT2D eigenvalue weighted by Gasteiger charge is -2.13. The zero-order valence-corrected chi connectivity index (χ0v) is 13.7. The van der Waals surface area contributed by atoms with Crippen molar-refractivity contribution in [3.05, 3.63) is 36.4 Å². The molecule has 1 N–H and O–H groups in total. The van der Waals surface area contributed by atoms with Crippen molar-refractivity contribution >= 4 is 0 Å². The zero-order valence-electron chi connectivity index (χ0n) is 13.7. The van der Waals surface area contributed by atoms with Crippen molar-refractivity contribution in [2.45, 2.75) is 6.92 Å². The van der Waals surface area contributed by atoms with Gasteiger partial charge in [0.25, 0.3) is 0 Å². The molecule has 0 radical (unpaired) electrons. The number of aromatic hydroxyl groups is 1. The maximum absolute atomic E-state index is 10.2. The van der Waals surface area contributed by atoms with Crippen LogP contribution in [-0.4, -0.2) is 39.1 Å². The predicted molar refractivity (Wildman–Crippen MR) is 88.6 cm³/mol. The summed E-state index contributed by atoms with van der Waals surface area (Å²) in [5, 5.41) is 10.2. The Morgan fingerprint density at radius 3 is 2.26 bits per heavy atom. The molecule has 5 heteroatoms. The standard InChI is InChI=1S/C18H22O5/c1-4-22-9-10-23-14-7-5-13(6-8-14)18-16(19)11-15(20-2)12-17(18)21-3/h5-8,11-12,19H,4,9-10H2,1-3H3. The minimum absolute atomic E-state index is 0.103. The van der Waals surface area contributed by atoms with Crippen molar-refractivity contribution in [2.24, 2.45) is 0 Å². The Kier molecular flexibility index (Phi) is 6.11. The molecule has 0 aliphatic heterocycles. The number of hydrogen-bond donors (Lipinski definition) is 1. The smallest absolute Gasteiger partial charge is 0.134 e. The van der Waals surface area contributed by atoms with Crippen molar-refractivity contribution in [1.29, 1.82) is 0 Å². The summed E-state index contributed by atoms with van der Waals surface area (Å²) in [5.41, 5.74) is 1.45. The van der Waals surface area contributed by atoms with Crippen LogP contribution in [0.2, 0.25) is 0 Å². The molecule has 2 aromatic rings. The van der Waals surface area contributed by atoms with Crippen LogP contribution in [0.4, 0.5) is 0 Å². The minimum atomic E-state index is 0.103. The van der Waals surface area contributed by atoms with Gasteiger partial charge in [-0.1, -0.05) is 12.1 Å². The summed E-state index contributed by atoms with van der Waals surface area (Å²) in [6.45, 7) is 3.69. The number of benzene rings is 2. The normalized spacial score (nSPS) is 10.4. The average molecular weight is 318 g/mol. The van der Waals surface area contributed by atoms with Crippen LogP contribution in [0.3, 0.4) is 0 Å². The quantitative estimate of drug-likeness (QED) is 0.755. The maximum atomic E-state index is 10.2. The first-order valence-corrected chi connectivity index (χ1v) is 7.45. The van der Waals surface area contributed by atoms with Crippen LogP contribution in [0.1, 0.15) is 6.92 Å². The SMILES string of the molecule is CCOCCOc1ccc(-c2c(O)cc(OC)cc2OC)cc1. The van der Waals surface area contributed by atoms with Crippen molar-refractivity contribution in [1.82, 2.24) is 0 Å². The molecule has 2 rings (SSSR count). The van der Waals surface area contributed by atoms with Crippen molar-refractivity contribution in [2.75, 3.05) is 34.0 Å². The second-order valence-electron chi connectivity index (χ2n) is 4.79. The average Bonchev–Trinajstić information content (AvgIpc) is 2.58. The molecule has 0 aromatic heterocycles. The molecule has 0 spiro atoms. The molecule has 0 fully saturated rings. The van der Waals surface area contributed by atoms with E-state index in [0.717, 1.165) is 11.3 Å². The van der Waals surface area contributed by atoms with Crippen LogP contribution in [0.5, 0.6) is 23.0 Å². The van der Waals surface area contributed by atoms with Gasteiger partial charge in [-0.25, -0.2) is 0 Å². The molecule has 0 atom stereocenters. The van der Waals surface area contributed by atoms with E-state index >= 15 is 0 Å². The fraction of sp³-hybridized carbons (Fsp3) is 0.333. The number of rotatable bonds is 8. The lowest BCUT2D eigenvalue weighted by molar-refractivity contribution is 0.110. The van der Waals surface area contributed by atoms with Crippen molar-refractivity contribution in [3.8, 4) is 34.1 Å². The Hall–Kier alpha value is -2.40. The Labute approximate surface area is 136 Å². The Balaban J connectivity index is 2.19. The largest absolute Gasteiger partial charge is 0.507 e. The third-order valence-electron chi connectivity index (χ3n) is 3.35. The highest BCUT2D eigenvalue weighted by atomic mass is 16.5. The molecular weight excluding hydrogens is 296 g/mol. The van der Waals surface area contributed by atoms with Gasteiger partial charge in [-0.3, -0.25) is 0 Å². The Morgan fingerprint density at radius 2 is 1.65 bits per heavy atom. The highest BCUT2D eigenvalue weighted by Gasteiger charge is 2.14. The lowest BCUT2D eigenvalue weighted by Crippen LogP contribution is -2.06. The molecule has 23 heavy (non-hydrogen) atoms. The Morgan fingerprint density at radius 1 is 0.913 bits per heavy atom. The van der Waals surface area contributed by atoms with Gasteiger partial charge in [-0.2, -0.15) is 0 Å². The molecule has 0 saturated heterocycles. The topological polar surface area (TPSA) is 57.2 Å². The second-order valence-corrected chi connectivity index (χ2v) is 4.79. The Bertz CT molecular complexity index is 622. The van der Waals surface area contributed by atoms with Crippen LogP contribution in [0, 0.1) is 0 Å². The third-order valence-corrected chi connectivity index (χ3v) is 3.35. The van der Waals surface area contributed by atoms with Crippen molar-refractivity contribution < 1.29 is 24.1 Å². The molecule has 124 valence electrons. The van der Waals surface area contributed by atoms with E-state index in [1.54, 1.807) is 26.4 Å². The van der Waals surface area contributed by atoms with Gasteiger partial charge in [-0.15, -0.1) is 0 Å². The summed E-state index contributed by atoms with van der Waals surface area (Å²) in [4.78, 5) is 0. The highest BCUT2D eigenvalue weighted by Crippen LogP contribution is 2.41. The predicted octanol–water partition coefficient (Wildman–Crippen LogP) is 3.49. The number of hydrogen-bond acceptors (Lipinski definition) is 5. The molecule has 0 bridgehead atoms. The first kappa shape index (κ1) is 17.0. The summed E-state index contributed by atoms with van der Waals surface area (Å²) in [6.07, 6.45) is 0. The van der Waals surface area contributed by atoms with E-state index in [2.05, 4.69) is 0 Å². The van der Waals surface area contributed by atoms with E-state index in [1.807, 2.05) is 31.2 Å². The van der Waals surface area contributed by atoms with E-state index in [1.165, 1.54) is 0 Å². The lowest BCUT2D eigenvalue weighted by atomic mass is 10.0. The summed E-state index contributed by atoms with van der Waals surface area (Å²) in [7, 11) is 3.10. The monoisotopic (exact) mass is 318 g/mol. The molecule has 0 heterocycles. The molecule has 0 amide bonds. The summed E-state index contributed by atoms with van der Waals surface area (Å²) in [6, 6.07) is 10.8. The summed E-state index contributed by atoms with van der Waals surface area (Å²) < 4.78 is 21.3. The molecule has 0 aliphatic rings. The summed E-state index contributed by atoms with van der Waals surface area (Å²) in [5.74, 6) is 1.94. The van der Waals surface area contributed by atoms with Gasteiger partial charge in [0.1, 0.15) is 29.6 Å². The zero-order chi connectivity index (χ0) is 16.7. The fourth-order valence-corrected chi connectivity index (χ4v) is 2.23. The molecule has 0 aliphatic carbocycles. The first-order chi connectivity index (χ1) is 11.2. The molecule has 0 unspecified atom stereocenters. The minimum Gasteiger partial charge on any atom is -0.507 e. The second kappa shape index (κ2) is 8.29. The van der Waals surface area contributed by atoms with E-state index in [-0.39, 0.29) is 5.75 Å².